The van der Waals surface area contributed by atoms with Crippen LogP contribution in [0.15, 0.2) is 78.9 Å². The third-order valence-corrected chi connectivity index (χ3v) is 7.20. The second kappa shape index (κ2) is 9.55. The van der Waals surface area contributed by atoms with Crippen LogP contribution in [0, 0.1) is 17.6 Å². The molecule has 6 heteroatoms. The van der Waals surface area contributed by atoms with E-state index in [0.717, 1.165) is 37.1 Å². The first kappa shape index (κ1) is 22.5. The molecule has 0 radical (unpaired) electrons. The average Bonchev–Trinajstić information content (AvgIpc) is 3.48. The van der Waals surface area contributed by atoms with Gasteiger partial charge in [-0.2, -0.15) is 0 Å². The summed E-state index contributed by atoms with van der Waals surface area (Å²) in [5.41, 5.74) is 1.89. The molecular weight excluding hydrogens is 432 g/mol. The molecular formula is C28H29F2N3O. The Morgan fingerprint density at radius 3 is 2.09 bits per heavy atom. The van der Waals surface area contributed by atoms with E-state index in [9.17, 15) is 13.6 Å². The summed E-state index contributed by atoms with van der Waals surface area (Å²) in [7, 11) is 0. The van der Waals surface area contributed by atoms with Gasteiger partial charge in [-0.1, -0.05) is 54.6 Å². The number of carbonyl (C=O) groups is 1. The van der Waals surface area contributed by atoms with Crippen molar-refractivity contribution in [3.05, 3.63) is 107 Å². The summed E-state index contributed by atoms with van der Waals surface area (Å²) in [5.74, 6) is 0.103. The predicted molar refractivity (Wildman–Crippen MR) is 128 cm³/mol. The summed E-state index contributed by atoms with van der Waals surface area (Å²) < 4.78 is 27.4. The number of carbonyl (C=O) groups excluding carboxylic acids is 1. The molecule has 4 nitrogen and oxygen atoms in total. The van der Waals surface area contributed by atoms with Gasteiger partial charge in [0.25, 0.3) is 0 Å². The van der Waals surface area contributed by atoms with Crippen LogP contribution >= 0.6 is 0 Å². The van der Waals surface area contributed by atoms with E-state index >= 15 is 0 Å². The summed E-state index contributed by atoms with van der Waals surface area (Å²) in [4.78, 5) is 15.2. The Labute approximate surface area is 199 Å². The second-order valence-corrected chi connectivity index (χ2v) is 9.43. The van der Waals surface area contributed by atoms with E-state index in [1.165, 1.54) is 29.8 Å². The summed E-state index contributed by atoms with van der Waals surface area (Å²) in [5, 5.41) is 6.61. The molecule has 3 aromatic carbocycles. The Bertz CT molecular complexity index is 1070. The van der Waals surface area contributed by atoms with Crippen LogP contribution in [-0.2, 0) is 5.54 Å². The highest BCUT2D eigenvalue weighted by Crippen LogP contribution is 2.37. The molecule has 0 saturated carbocycles. The van der Waals surface area contributed by atoms with Crippen molar-refractivity contribution in [2.75, 3.05) is 26.2 Å². The molecule has 176 valence electrons. The highest BCUT2D eigenvalue weighted by molar-refractivity contribution is 5.80. The lowest BCUT2D eigenvalue weighted by Crippen LogP contribution is -2.41. The molecule has 2 atom stereocenters. The highest BCUT2D eigenvalue weighted by atomic mass is 19.1. The maximum absolute atomic E-state index is 13.7. The Morgan fingerprint density at radius 2 is 1.53 bits per heavy atom. The SMILES string of the molecule is O=C1NC(c2ccc(F)cc2)(c2ccc(F)cc2)CN1CC(CC1CCNC1)c1ccccc1. The Morgan fingerprint density at radius 1 is 0.912 bits per heavy atom. The van der Waals surface area contributed by atoms with E-state index < -0.39 is 5.54 Å². The fourth-order valence-corrected chi connectivity index (χ4v) is 5.39. The monoisotopic (exact) mass is 461 g/mol. The molecule has 0 spiro atoms. The quantitative estimate of drug-likeness (QED) is 0.519. The van der Waals surface area contributed by atoms with E-state index in [0.29, 0.717) is 19.0 Å². The molecule has 2 unspecified atom stereocenters. The van der Waals surface area contributed by atoms with Crippen molar-refractivity contribution in [3.63, 3.8) is 0 Å². The van der Waals surface area contributed by atoms with Gasteiger partial charge in [-0.25, -0.2) is 13.6 Å². The lowest BCUT2D eigenvalue weighted by molar-refractivity contribution is 0.211. The van der Waals surface area contributed by atoms with Gasteiger partial charge in [0.2, 0.25) is 0 Å². The van der Waals surface area contributed by atoms with Crippen molar-refractivity contribution in [1.29, 1.82) is 0 Å². The minimum absolute atomic E-state index is 0.167. The number of rotatable bonds is 7. The maximum Gasteiger partial charge on any atom is 0.318 e. The number of hydrogen-bond acceptors (Lipinski definition) is 2. The molecule has 3 aromatic rings. The van der Waals surface area contributed by atoms with Crippen LogP contribution < -0.4 is 10.6 Å². The Balaban J connectivity index is 1.46. The van der Waals surface area contributed by atoms with Crippen molar-refractivity contribution < 1.29 is 13.6 Å². The fourth-order valence-electron chi connectivity index (χ4n) is 5.39. The fraction of sp³-hybridized carbons (Fsp3) is 0.321. The summed E-state index contributed by atoms with van der Waals surface area (Å²) in [6, 6.07) is 22.6. The molecule has 2 fully saturated rings. The van der Waals surface area contributed by atoms with Crippen LogP contribution in [0.5, 0.6) is 0 Å². The Kier molecular flexibility index (Phi) is 6.33. The number of nitrogens with zero attached hydrogens (tertiary/aromatic N) is 1. The van der Waals surface area contributed by atoms with Crippen molar-refractivity contribution in [2.24, 2.45) is 5.92 Å². The zero-order valence-corrected chi connectivity index (χ0v) is 19.0. The zero-order valence-electron chi connectivity index (χ0n) is 19.0. The molecule has 0 bridgehead atoms. The van der Waals surface area contributed by atoms with Gasteiger partial charge in [0.15, 0.2) is 0 Å². The van der Waals surface area contributed by atoms with E-state index in [4.69, 9.17) is 0 Å². The first-order chi connectivity index (χ1) is 16.5. The average molecular weight is 462 g/mol. The molecule has 2 N–H and O–H groups in total. The molecule has 2 aliphatic rings. The minimum atomic E-state index is -0.880. The molecule has 2 aliphatic heterocycles. The summed E-state index contributed by atoms with van der Waals surface area (Å²) in [6.07, 6.45) is 2.14. The molecule has 34 heavy (non-hydrogen) atoms. The van der Waals surface area contributed by atoms with Crippen LogP contribution in [0.3, 0.4) is 0 Å². The van der Waals surface area contributed by atoms with Gasteiger partial charge in [0.05, 0.1) is 6.54 Å². The number of hydrogen-bond donors (Lipinski definition) is 2. The van der Waals surface area contributed by atoms with Crippen molar-refractivity contribution in [3.8, 4) is 0 Å². The largest absolute Gasteiger partial charge is 0.323 e. The number of amides is 2. The molecule has 5 rings (SSSR count). The van der Waals surface area contributed by atoms with Crippen LogP contribution in [-0.4, -0.2) is 37.1 Å². The first-order valence-electron chi connectivity index (χ1n) is 11.9. The normalized spacial score (nSPS) is 20.4. The maximum atomic E-state index is 13.7. The van der Waals surface area contributed by atoms with Crippen LogP contribution in [0.1, 0.15) is 35.4 Å². The van der Waals surface area contributed by atoms with Gasteiger partial charge in [0, 0.05) is 12.5 Å². The van der Waals surface area contributed by atoms with E-state index in [1.54, 1.807) is 24.3 Å². The van der Waals surface area contributed by atoms with Gasteiger partial charge in [0.1, 0.15) is 17.2 Å². The molecule has 0 aliphatic carbocycles. The van der Waals surface area contributed by atoms with Gasteiger partial charge in [-0.05, 0) is 72.8 Å². The van der Waals surface area contributed by atoms with Crippen LogP contribution in [0.25, 0.3) is 0 Å². The standard InChI is InChI=1S/C28H29F2N3O/c29-25-10-6-23(7-11-25)28(24-8-12-26(30)13-9-24)19-33(27(34)32-28)18-22(16-20-14-15-31-17-20)21-4-2-1-3-5-21/h1-13,20,22,31H,14-19H2,(H,32,34). The van der Waals surface area contributed by atoms with Crippen molar-refractivity contribution in [1.82, 2.24) is 15.5 Å². The van der Waals surface area contributed by atoms with Gasteiger partial charge in [-0.15, -0.1) is 0 Å². The third-order valence-electron chi connectivity index (χ3n) is 7.20. The van der Waals surface area contributed by atoms with Gasteiger partial charge >= 0.3 is 6.03 Å². The summed E-state index contributed by atoms with van der Waals surface area (Å²) >= 11 is 0. The molecule has 0 aromatic heterocycles. The van der Waals surface area contributed by atoms with Gasteiger partial charge < -0.3 is 15.5 Å². The zero-order chi connectivity index (χ0) is 23.5. The first-order valence-corrected chi connectivity index (χ1v) is 11.9. The summed E-state index contributed by atoms with van der Waals surface area (Å²) in [6.45, 7) is 3.01. The predicted octanol–water partition coefficient (Wildman–Crippen LogP) is 5.02. The van der Waals surface area contributed by atoms with Crippen LogP contribution in [0.4, 0.5) is 13.6 Å². The van der Waals surface area contributed by atoms with Crippen molar-refractivity contribution >= 4 is 6.03 Å². The number of urea groups is 1. The van der Waals surface area contributed by atoms with E-state index in [1.807, 2.05) is 23.1 Å². The van der Waals surface area contributed by atoms with Gasteiger partial charge in [-0.3, -0.25) is 0 Å². The Hall–Kier alpha value is -3.25. The van der Waals surface area contributed by atoms with E-state index in [2.05, 4.69) is 22.8 Å². The topological polar surface area (TPSA) is 44.4 Å². The van der Waals surface area contributed by atoms with Crippen LogP contribution in [0.2, 0.25) is 0 Å². The highest BCUT2D eigenvalue weighted by Gasteiger charge is 2.46. The smallest absolute Gasteiger partial charge is 0.318 e. The van der Waals surface area contributed by atoms with E-state index in [-0.39, 0.29) is 23.6 Å². The third kappa shape index (κ3) is 4.55. The molecule has 2 amide bonds. The number of halogens is 2. The number of benzene rings is 3. The molecule has 2 saturated heterocycles. The second-order valence-electron chi connectivity index (χ2n) is 9.43. The number of nitrogens with one attached hydrogen (secondary N) is 2. The van der Waals surface area contributed by atoms with Crippen molar-refractivity contribution in [2.45, 2.75) is 24.3 Å². The minimum Gasteiger partial charge on any atom is -0.323 e. The lowest BCUT2D eigenvalue weighted by atomic mass is 9.83. The molecule has 2 heterocycles. The lowest BCUT2D eigenvalue weighted by Gasteiger charge is -2.31.